The number of benzene rings is 2. The maximum atomic E-state index is 11.8. The van der Waals surface area contributed by atoms with E-state index in [2.05, 4.69) is 10.3 Å². The number of nitrogens with one attached hydrogen (secondary N) is 1. The lowest BCUT2D eigenvalue weighted by molar-refractivity contribution is 0.154. The van der Waals surface area contributed by atoms with Gasteiger partial charge in [-0.15, -0.1) is 0 Å². The van der Waals surface area contributed by atoms with E-state index in [0.29, 0.717) is 11.5 Å². The number of ether oxygens (including phenoxy) is 1. The molecule has 0 radical (unpaired) electrons. The highest BCUT2D eigenvalue weighted by molar-refractivity contribution is 5.82. The van der Waals surface area contributed by atoms with Crippen molar-refractivity contribution in [2.75, 3.05) is 5.32 Å². The normalized spacial score (nSPS) is 10.3. The molecular weight excluding hydrogens is 292 g/mol. The number of carbonyl (C=O) groups excluding carboxylic acids is 1. The van der Waals surface area contributed by atoms with Crippen LogP contribution in [0.4, 0.5) is 10.8 Å². The van der Waals surface area contributed by atoms with Crippen molar-refractivity contribution >= 4 is 12.1 Å². The van der Waals surface area contributed by atoms with E-state index >= 15 is 0 Å². The van der Waals surface area contributed by atoms with Crippen molar-refractivity contribution in [3.8, 4) is 11.3 Å². The van der Waals surface area contributed by atoms with E-state index in [-0.39, 0.29) is 12.6 Å². The molecule has 0 saturated heterocycles. The predicted molar refractivity (Wildman–Crippen MR) is 86.9 cm³/mol. The summed E-state index contributed by atoms with van der Waals surface area (Å²) in [7, 11) is 0. The van der Waals surface area contributed by atoms with Crippen LogP contribution in [0.3, 0.4) is 0 Å². The van der Waals surface area contributed by atoms with Gasteiger partial charge in [-0.2, -0.15) is 4.98 Å². The molecule has 0 bridgehead atoms. The Kier molecular flexibility index (Phi) is 4.38. The number of hydrogen-bond donors (Lipinski definition) is 1. The second kappa shape index (κ2) is 6.79. The molecule has 0 spiro atoms. The van der Waals surface area contributed by atoms with Crippen molar-refractivity contribution in [2.45, 2.75) is 13.5 Å². The average molecular weight is 308 g/mol. The Morgan fingerprint density at radius 1 is 1.09 bits per heavy atom. The molecule has 23 heavy (non-hydrogen) atoms. The topological polar surface area (TPSA) is 64.4 Å². The summed E-state index contributed by atoms with van der Waals surface area (Å²) >= 11 is 0. The molecule has 0 saturated carbocycles. The van der Waals surface area contributed by atoms with Crippen molar-refractivity contribution in [2.24, 2.45) is 0 Å². The van der Waals surface area contributed by atoms with Gasteiger partial charge in [-0.1, -0.05) is 60.7 Å². The van der Waals surface area contributed by atoms with Gasteiger partial charge in [0.05, 0.1) is 5.69 Å². The van der Waals surface area contributed by atoms with Crippen LogP contribution in [0.25, 0.3) is 11.3 Å². The maximum absolute atomic E-state index is 11.8. The van der Waals surface area contributed by atoms with Crippen molar-refractivity contribution < 1.29 is 13.9 Å². The van der Waals surface area contributed by atoms with Crippen LogP contribution in [0.15, 0.2) is 65.1 Å². The molecule has 5 heteroatoms. The van der Waals surface area contributed by atoms with Gasteiger partial charge >= 0.3 is 12.1 Å². The van der Waals surface area contributed by atoms with E-state index in [4.69, 9.17) is 9.15 Å². The number of hydrogen-bond acceptors (Lipinski definition) is 4. The van der Waals surface area contributed by atoms with Crippen molar-refractivity contribution in [3.05, 3.63) is 71.9 Å². The van der Waals surface area contributed by atoms with Gasteiger partial charge in [0.1, 0.15) is 6.61 Å². The second-order valence-electron chi connectivity index (χ2n) is 4.99. The first kappa shape index (κ1) is 14.8. The van der Waals surface area contributed by atoms with Gasteiger partial charge < -0.3 is 9.15 Å². The van der Waals surface area contributed by atoms with Crippen LogP contribution in [0.5, 0.6) is 0 Å². The van der Waals surface area contributed by atoms with Crippen LogP contribution < -0.4 is 5.32 Å². The number of aromatic nitrogens is 1. The summed E-state index contributed by atoms with van der Waals surface area (Å²) in [5.74, 6) is 0.629. The number of rotatable bonds is 4. The van der Waals surface area contributed by atoms with E-state index in [1.54, 1.807) is 0 Å². The highest BCUT2D eigenvalue weighted by atomic mass is 16.6. The molecule has 0 fully saturated rings. The molecule has 0 aliphatic heterocycles. The SMILES string of the molecule is Cc1nc(NC(=O)OCc2ccccc2)oc1-c1ccccc1. The largest absolute Gasteiger partial charge is 0.444 e. The Balaban J connectivity index is 1.63. The van der Waals surface area contributed by atoms with E-state index < -0.39 is 6.09 Å². The first-order chi connectivity index (χ1) is 11.2. The molecule has 3 aromatic rings. The number of carbonyl (C=O) groups is 1. The number of oxazole rings is 1. The average Bonchev–Trinajstić information content (AvgIpc) is 2.95. The van der Waals surface area contributed by atoms with Gasteiger partial charge in [-0.05, 0) is 12.5 Å². The molecule has 0 aliphatic rings. The Bertz CT molecular complexity index is 783. The molecule has 5 nitrogen and oxygen atoms in total. The Morgan fingerprint density at radius 2 is 1.74 bits per heavy atom. The monoisotopic (exact) mass is 308 g/mol. The fraction of sp³-hybridized carbons (Fsp3) is 0.111. The highest BCUT2D eigenvalue weighted by Crippen LogP contribution is 2.26. The second-order valence-corrected chi connectivity index (χ2v) is 4.99. The number of amides is 1. The fourth-order valence-corrected chi connectivity index (χ4v) is 2.15. The van der Waals surface area contributed by atoms with Gasteiger partial charge in [-0.3, -0.25) is 0 Å². The van der Waals surface area contributed by atoms with Crippen LogP contribution in [0.1, 0.15) is 11.3 Å². The van der Waals surface area contributed by atoms with Crippen LogP contribution in [0.2, 0.25) is 0 Å². The van der Waals surface area contributed by atoms with Crippen LogP contribution in [0, 0.1) is 6.92 Å². The lowest BCUT2D eigenvalue weighted by Gasteiger charge is -2.04. The van der Waals surface area contributed by atoms with Crippen LogP contribution >= 0.6 is 0 Å². The third-order valence-electron chi connectivity index (χ3n) is 3.25. The van der Waals surface area contributed by atoms with E-state index in [9.17, 15) is 4.79 Å². The summed E-state index contributed by atoms with van der Waals surface area (Å²) in [5, 5.41) is 2.50. The summed E-state index contributed by atoms with van der Waals surface area (Å²) in [6.45, 7) is 2.02. The molecule has 2 aromatic carbocycles. The lowest BCUT2D eigenvalue weighted by atomic mass is 10.1. The molecule has 0 aliphatic carbocycles. The van der Waals surface area contributed by atoms with E-state index in [1.807, 2.05) is 67.6 Å². The van der Waals surface area contributed by atoms with Gasteiger partial charge in [-0.25, -0.2) is 10.1 Å². The summed E-state index contributed by atoms with van der Waals surface area (Å²) in [6.07, 6.45) is -0.602. The van der Waals surface area contributed by atoms with Gasteiger partial charge in [0.15, 0.2) is 5.76 Å². The smallest absolute Gasteiger partial charge is 0.415 e. The van der Waals surface area contributed by atoms with Crippen LogP contribution in [-0.2, 0) is 11.3 Å². The van der Waals surface area contributed by atoms with Gasteiger partial charge in [0, 0.05) is 5.56 Å². The molecule has 0 atom stereocenters. The minimum atomic E-state index is -0.602. The first-order valence-electron chi connectivity index (χ1n) is 7.23. The Hall–Kier alpha value is -3.08. The summed E-state index contributed by atoms with van der Waals surface area (Å²) in [6, 6.07) is 19.2. The van der Waals surface area contributed by atoms with Crippen LogP contribution in [-0.4, -0.2) is 11.1 Å². The standard InChI is InChI=1S/C18H16N2O3/c1-13-16(15-10-6-3-7-11-15)23-17(19-13)20-18(21)22-12-14-8-4-2-5-9-14/h2-11H,12H2,1H3,(H,19,20,21). The van der Waals surface area contributed by atoms with Crippen molar-refractivity contribution in [1.82, 2.24) is 4.98 Å². The Morgan fingerprint density at radius 3 is 2.43 bits per heavy atom. The van der Waals surface area contributed by atoms with E-state index in [0.717, 1.165) is 11.1 Å². The minimum absolute atomic E-state index is 0.124. The molecular formula is C18H16N2O3. The van der Waals surface area contributed by atoms with E-state index in [1.165, 1.54) is 0 Å². The van der Waals surface area contributed by atoms with Crippen molar-refractivity contribution in [3.63, 3.8) is 0 Å². The summed E-state index contributed by atoms with van der Waals surface area (Å²) < 4.78 is 10.7. The Labute approximate surface area is 133 Å². The molecule has 116 valence electrons. The minimum Gasteiger partial charge on any atom is -0.444 e. The number of aryl methyl sites for hydroxylation is 1. The number of nitrogens with zero attached hydrogens (tertiary/aromatic N) is 1. The first-order valence-corrected chi connectivity index (χ1v) is 7.23. The quantitative estimate of drug-likeness (QED) is 0.776. The number of anilines is 1. The maximum Gasteiger partial charge on any atom is 0.415 e. The van der Waals surface area contributed by atoms with Gasteiger partial charge in [0.25, 0.3) is 0 Å². The molecule has 1 aromatic heterocycles. The molecule has 1 heterocycles. The molecule has 3 rings (SSSR count). The third kappa shape index (κ3) is 3.77. The zero-order chi connectivity index (χ0) is 16.1. The molecule has 1 amide bonds. The predicted octanol–water partition coefficient (Wildman–Crippen LogP) is 4.40. The zero-order valence-corrected chi connectivity index (χ0v) is 12.7. The molecule has 0 unspecified atom stereocenters. The zero-order valence-electron chi connectivity index (χ0n) is 12.7. The summed E-state index contributed by atoms with van der Waals surface area (Å²) in [5.41, 5.74) is 2.52. The highest BCUT2D eigenvalue weighted by Gasteiger charge is 2.14. The third-order valence-corrected chi connectivity index (χ3v) is 3.25. The van der Waals surface area contributed by atoms with Gasteiger partial charge in [0.2, 0.25) is 0 Å². The fourth-order valence-electron chi connectivity index (χ4n) is 2.15. The van der Waals surface area contributed by atoms with Crippen molar-refractivity contribution in [1.29, 1.82) is 0 Å². The summed E-state index contributed by atoms with van der Waals surface area (Å²) in [4.78, 5) is 16.0. The molecule has 1 N–H and O–H groups in total. The lowest BCUT2D eigenvalue weighted by Crippen LogP contribution is -2.13.